The molecule has 4 N–H and O–H groups in total. The zero-order valence-electron chi connectivity index (χ0n) is 14.8. The summed E-state index contributed by atoms with van der Waals surface area (Å²) < 4.78 is 5.14. The molecule has 2 rings (SSSR count). The van der Waals surface area contributed by atoms with Gasteiger partial charge in [-0.25, -0.2) is 0 Å². The van der Waals surface area contributed by atoms with Crippen molar-refractivity contribution < 1.29 is 23.9 Å². The van der Waals surface area contributed by atoms with Crippen LogP contribution in [0.5, 0.6) is 0 Å². The van der Waals surface area contributed by atoms with Gasteiger partial charge in [-0.3, -0.25) is 19.2 Å². The van der Waals surface area contributed by atoms with E-state index in [0.717, 1.165) is 0 Å². The van der Waals surface area contributed by atoms with Crippen molar-refractivity contribution in [2.24, 2.45) is 5.73 Å². The molecule has 0 spiro atoms. The summed E-state index contributed by atoms with van der Waals surface area (Å²) in [5, 5.41) is 5.45. The van der Waals surface area contributed by atoms with Crippen LogP contribution >= 0.6 is 0 Å². The van der Waals surface area contributed by atoms with Gasteiger partial charge in [0.2, 0.25) is 11.8 Å². The van der Waals surface area contributed by atoms with Crippen molar-refractivity contribution in [1.29, 1.82) is 0 Å². The van der Waals surface area contributed by atoms with Crippen molar-refractivity contribution >= 4 is 29.4 Å². The van der Waals surface area contributed by atoms with Gasteiger partial charge in [0.05, 0.1) is 0 Å². The third-order valence-corrected chi connectivity index (χ3v) is 4.34. The van der Waals surface area contributed by atoms with Crippen LogP contribution in [-0.2, 0) is 19.1 Å². The molecule has 0 aromatic heterocycles. The van der Waals surface area contributed by atoms with E-state index >= 15 is 0 Å². The first kappa shape index (κ1) is 19.4. The molecule has 1 aromatic rings. The molecule has 3 amide bonds. The van der Waals surface area contributed by atoms with E-state index in [-0.39, 0.29) is 12.3 Å². The molecule has 1 heterocycles. The van der Waals surface area contributed by atoms with Crippen LogP contribution in [0.15, 0.2) is 24.3 Å². The molecular formula is C18H23N3O5. The smallest absolute Gasteiger partial charge is 0.306 e. The molecule has 2 atom stereocenters. The number of primary amides is 1. The normalized spacial score (nSPS) is 20.2. The molecule has 0 radical (unpaired) electrons. The fraction of sp³-hybridized carbons (Fsp3) is 0.444. The minimum atomic E-state index is -0.968. The monoisotopic (exact) mass is 361 g/mol. The lowest BCUT2D eigenvalue weighted by molar-refractivity contribution is -0.153. The van der Waals surface area contributed by atoms with Crippen LogP contribution in [0.3, 0.4) is 0 Å². The molecule has 1 aliphatic rings. The molecule has 0 unspecified atom stereocenters. The van der Waals surface area contributed by atoms with Gasteiger partial charge in [0.15, 0.2) is 6.10 Å². The van der Waals surface area contributed by atoms with Crippen molar-refractivity contribution in [2.75, 3.05) is 5.32 Å². The first-order chi connectivity index (χ1) is 12.2. The van der Waals surface area contributed by atoms with E-state index in [1.807, 2.05) is 6.92 Å². The van der Waals surface area contributed by atoms with Gasteiger partial charge in [-0.05, 0) is 51.0 Å². The highest BCUT2D eigenvalue weighted by atomic mass is 16.5. The standard InChI is InChI=1S/C18H23N3O5/c1-11(17(25)20-13-5-3-12(4-6-13)16(19)24)26-15(23)8-10-18(2)9-7-14(22)21-18/h3-6,11H,7-10H2,1-2H3,(H2,19,24)(H,20,25)(H,21,22)/t11-,18+/m0/s1. The number of esters is 1. The number of amides is 3. The van der Waals surface area contributed by atoms with Crippen LogP contribution in [0.2, 0.25) is 0 Å². The predicted octanol–water partition coefficient (Wildman–Crippen LogP) is 1.10. The van der Waals surface area contributed by atoms with Gasteiger partial charge in [-0.2, -0.15) is 0 Å². The van der Waals surface area contributed by atoms with Gasteiger partial charge >= 0.3 is 5.97 Å². The summed E-state index contributed by atoms with van der Waals surface area (Å²) in [6.45, 7) is 3.36. The molecule has 0 bridgehead atoms. The quantitative estimate of drug-likeness (QED) is 0.627. The third-order valence-electron chi connectivity index (χ3n) is 4.34. The molecule has 1 fully saturated rings. The van der Waals surface area contributed by atoms with E-state index in [0.29, 0.717) is 30.5 Å². The third kappa shape index (κ3) is 5.30. The molecule has 26 heavy (non-hydrogen) atoms. The predicted molar refractivity (Wildman–Crippen MR) is 94.2 cm³/mol. The first-order valence-corrected chi connectivity index (χ1v) is 8.40. The van der Waals surface area contributed by atoms with Crippen LogP contribution in [0.1, 0.15) is 49.9 Å². The molecule has 1 saturated heterocycles. The van der Waals surface area contributed by atoms with Crippen molar-refractivity contribution in [1.82, 2.24) is 5.32 Å². The molecule has 1 aliphatic heterocycles. The summed E-state index contributed by atoms with van der Waals surface area (Å²) in [5.41, 5.74) is 5.54. The minimum Gasteiger partial charge on any atom is -0.453 e. The van der Waals surface area contributed by atoms with Crippen LogP contribution in [0, 0.1) is 0 Å². The second kappa shape index (κ2) is 7.99. The maximum atomic E-state index is 12.1. The highest BCUT2D eigenvalue weighted by Gasteiger charge is 2.33. The van der Waals surface area contributed by atoms with E-state index in [4.69, 9.17) is 10.5 Å². The van der Waals surface area contributed by atoms with Gasteiger partial charge in [-0.15, -0.1) is 0 Å². The Hall–Kier alpha value is -2.90. The number of nitrogens with two attached hydrogens (primary N) is 1. The number of hydrogen-bond acceptors (Lipinski definition) is 5. The summed E-state index contributed by atoms with van der Waals surface area (Å²) in [5.74, 6) is -1.56. The van der Waals surface area contributed by atoms with Gasteiger partial charge in [-0.1, -0.05) is 0 Å². The van der Waals surface area contributed by atoms with E-state index in [1.54, 1.807) is 0 Å². The Balaban J connectivity index is 1.79. The van der Waals surface area contributed by atoms with Crippen molar-refractivity contribution in [3.63, 3.8) is 0 Å². The SMILES string of the molecule is C[C@H](OC(=O)CC[C@@]1(C)CCC(=O)N1)C(=O)Nc1ccc(C(N)=O)cc1. The Kier molecular flexibility index (Phi) is 5.97. The Morgan fingerprint density at radius 3 is 2.50 bits per heavy atom. The first-order valence-electron chi connectivity index (χ1n) is 8.40. The fourth-order valence-electron chi connectivity index (χ4n) is 2.69. The van der Waals surface area contributed by atoms with Gasteiger partial charge in [0.25, 0.3) is 5.91 Å². The molecular weight excluding hydrogens is 338 g/mol. The lowest BCUT2D eigenvalue weighted by Crippen LogP contribution is -2.39. The molecule has 8 nitrogen and oxygen atoms in total. The minimum absolute atomic E-state index is 0.0176. The van der Waals surface area contributed by atoms with E-state index < -0.39 is 29.4 Å². The van der Waals surface area contributed by atoms with Crippen molar-refractivity contribution in [3.8, 4) is 0 Å². The number of carbonyl (C=O) groups is 4. The zero-order valence-corrected chi connectivity index (χ0v) is 14.8. The van der Waals surface area contributed by atoms with Crippen LogP contribution < -0.4 is 16.4 Å². The maximum absolute atomic E-state index is 12.1. The lowest BCUT2D eigenvalue weighted by atomic mass is 9.94. The molecule has 8 heteroatoms. The number of carbonyl (C=O) groups excluding carboxylic acids is 4. The lowest BCUT2D eigenvalue weighted by Gasteiger charge is -2.23. The number of hydrogen-bond donors (Lipinski definition) is 3. The number of rotatable bonds is 7. The Morgan fingerprint density at radius 2 is 1.96 bits per heavy atom. The zero-order chi connectivity index (χ0) is 19.3. The summed E-state index contributed by atoms with van der Waals surface area (Å²) in [6.07, 6.45) is 0.738. The molecule has 0 saturated carbocycles. The Bertz CT molecular complexity index is 716. The van der Waals surface area contributed by atoms with Gasteiger partial charge in [0, 0.05) is 29.6 Å². The molecule has 1 aromatic carbocycles. The van der Waals surface area contributed by atoms with Crippen molar-refractivity contribution in [2.45, 2.75) is 51.2 Å². The number of ether oxygens (including phenoxy) is 1. The number of nitrogens with one attached hydrogen (secondary N) is 2. The largest absolute Gasteiger partial charge is 0.453 e. The second-order valence-electron chi connectivity index (χ2n) is 6.67. The highest BCUT2D eigenvalue weighted by molar-refractivity contribution is 5.96. The Morgan fingerprint density at radius 1 is 1.31 bits per heavy atom. The average molecular weight is 361 g/mol. The van der Waals surface area contributed by atoms with Gasteiger partial charge < -0.3 is 21.1 Å². The van der Waals surface area contributed by atoms with E-state index in [9.17, 15) is 19.2 Å². The van der Waals surface area contributed by atoms with Crippen LogP contribution in [0.4, 0.5) is 5.69 Å². The van der Waals surface area contributed by atoms with Crippen LogP contribution in [-0.4, -0.2) is 35.3 Å². The maximum Gasteiger partial charge on any atom is 0.306 e. The van der Waals surface area contributed by atoms with E-state index in [1.165, 1.54) is 31.2 Å². The molecule has 140 valence electrons. The molecule has 0 aliphatic carbocycles. The topological polar surface area (TPSA) is 128 Å². The summed E-state index contributed by atoms with van der Waals surface area (Å²) in [7, 11) is 0. The van der Waals surface area contributed by atoms with Gasteiger partial charge in [0.1, 0.15) is 0 Å². The summed E-state index contributed by atoms with van der Waals surface area (Å²) in [6, 6.07) is 6.06. The number of anilines is 1. The Labute approximate surface area is 151 Å². The average Bonchev–Trinajstić information content (AvgIpc) is 2.93. The second-order valence-corrected chi connectivity index (χ2v) is 6.67. The van der Waals surface area contributed by atoms with Crippen molar-refractivity contribution in [3.05, 3.63) is 29.8 Å². The van der Waals surface area contributed by atoms with E-state index in [2.05, 4.69) is 10.6 Å². The summed E-state index contributed by atoms with van der Waals surface area (Å²) >= 11 is 0. The fourth-order valence-corrected chi connectivity index (χ4v) is 2.69. The summed E-state index contributed by atoms with van der Waals surface area (Å²) in [4.78, 5) is 46.4. The van der Waals surface area contributed by atoms with Crippen LogP contribution in [0.25, 0.3) is 0 Å². The highest BCUT2D eigenvalue weighted by Crippen LogP contribution is 2.24. The number of benzene rings is 1.